The van der Waals surface area contributed by atoms with Crippen LogP contribution in [0.1, 0.15) is 61.8 Å². The second-order valence-corrected chi connectivity index (χ2v) is 10.2. The van der Waals surface area contributed by atoms with Crippen molar-refractivity contribution in [2.75, 3.05) is 0 Å². The molecule has 0 spiro atoms. The Morgan fingerprint density at radius 2 is 1.97 bits per heavy atom. The summed E-state index contributed by atoms with van der Waals surface area (Å²) in [5.41, 5.74) is 6.79. The maximum absolute atomic E-state index is 14.5. The minimum atomic E-state index is -0.673. The van der Waals surface area contributed by atoms with E-state index in [4.69, 9.17) is 10.7 Å². The fourth-order valence-corrected chi connectivity index (χ4v) is 6.19. The molecule has 2 aliphatic rings. The molecule has 0 radical (unpaired) electrons. The lowest BCUT2D eigenvalue weighted by Crippen LogP contribution is -2.38. The van der Waals surface area contributed by atoms with Gasteiger partial charge >= 0.3 is 0 Å². The van der Waals surface area contributed by atoms with E-state index < -0.39 is 23.0 Å². The number of fused-ring (bicyclic) bond motifs is 5. The second kappa shape index (κ2) is 8.19. The standard InChI is InChI=1S/C26H24F2N8O/c1-25(2)15-8-9-26(25,24-14(15)10-18(33-34-24)23-16(27)4-3-5-17(23)28)19-11-30-12-22(32-19)36-13-31-21(35-36)7-6-20(29)37/h3-5,10-13,15H,6-9H2,1-2H3,(H2,29,37)/t15-,26-/m0/s1. The van der Waals surface area contributed by atoms with Gasteiger partial charge in [0.1, 0.15) is 18.0 Å². The van der Waals surface area contributed by atoms with Gasteiger partial charge in [-0.2, -0.15) is 5.10 Å². The highest BCUT2D eigenvalue weighted by Crippen LogP contribution is 2.69. The van der Waals surface area contributed by atoms with Crippen molar-refractivity contribution < 1.29 is 13.6 Å². The van der Waals surface area contributed by atoms with Crippen LogP contribution in [-0.2, 0) is 16.6 Å². The van der Waals surface area contributed by atoms with E-state index in [-0.39, 0.29) is 29.0 Å². The van der Waals surface area contributed by atoms with Crippen LogP contribution in [0, 0.1) is 17.0 Å². The zero-order valence-electron chi connectivity index (χ0n) is 20.3. The van der Waals surface area contributed by atoms with Crippen LogP contribution in [0.2, 0.25) is 0 Å². The molecular formula is C26H24F2N8O. The number of hydrogen-bond donors (Lipinski definition) is 1. The molecule has 188 valence electrons. The van der Waals surface area contributed by atoms with Gasteiger partial charge in [-0.15, -0.1) is 10.2 Å². The normalized spacial score (nSPS) is 21.2. The predicted molar refractivity (Wildman–Crippen MR) is 128 cm³/mol. The van der Waals surface area contributed by atoms with Crippen molar-refractivity contribution in [2.24, 2.45) is 11.1 Å². The third-order valence-electron chi connectivity index (χ3n) is 8.03. The maximum atomic E-state index is 14.5. The smallest absolute Gasteiger partial charge is 0.217 e. The highest BCUT2D eigenvalue weighted by Gasteiger charge is 2.65. The summed E-state index contributed by atoms with van der Waals surface area (Å²) < 4.78 is 30.5. The van der Waals surface area contributed by atoms with Gasteiger partial charge in [0.15, 0.2) is 11.6 Å². The van der Waals surface area contributed by atoms with Gasteiger partial charge in [-0.05, 0) is 47.9 Å². The molecule has 0 unspecified atom stereocenters. The Bertz CT molecular complexity index is 1530. The van der Waals surface area contributed by atoms with Crippen LogP contribution < -0.4 is 5.73 Å². The molecule has 2 N–H and O–H groups in total. The predicted octanol–water partition coefficient (Wildman–Crippen LogP) is 3.41. The molecule has 2 bridgehead atoms. The molecule has 3 heterocycles. The molecule has 2 atom stereocenters. The summed E-state index contributed by atoms with van der Waals surface area (Å²) in [6, 6.07) is 5.54. The number of benzene rings is 1. The molecule has 0 aliphatic heterocycles. The zero-order valence-corrected chi connectivity index (χ0v) is 20.3. The molecule has 4 aromatic rings. The van der Waals surface area contributed by atoms with Crippen molar-refractivity contribution in [3.05, 3.63) is 77.4 Å². The molecule has 1 fully saturated rings. The summed E-state index contributed by atoms with van der Waals surface area (Å²) in [6.07, 6.45) is 7.01. The van der Waals surface area contributed by atoms with Crippen LogP contribution in [0.25, 0.3) is 17.1 Å². The van der Waals surface area contributed by atoms with E-state index in [0.29, 0.717) is 18.1 Å². The second-order valence-electron chi connectivity index (χ2n) is 10.2. The SMILES string of the molecule is CC1(C)[C@H]2CC[C@]1(c1cncc(-n3cnc(CCC(N)=O)n3)n1)c1nnc(-c3c(F)cccc3F)cc12. The van der Waals surface area contributed by atoms with Crippen LogP contribution in [0.5, 0.6) is 0 Å². The maximum Gasteiger partial charge on any atom is 0.217 e. The van der Waals surface area contributed by atoms with E-state index >= 15 is 0 Å². The van der Waals surface area contributed by atoms with Gasteiger partial charge in [-0.1, -0.05) is 19.9 Å². The molecule has 0 saturated heterocycles. The Morgan fingerprint density at radius 1 is 1.19 bits per heavy atom. The van der Waals surface area contributed by atoms with Crippen molar-refractivity contribution >= 4 is 5.91 Å². The van der Waals surface area contributed by atoms with Gasteiger partial charge < -0.3 is 5.73 Å². The lowest BCUT2D eigenvalue weighted by Gasteiger charge is -2.37. The summed E-state index contributed by atoms with van der Waals surface area (Å²) in [5.74, 6) is -0.687. The van der Waals surface area contributed by atoms with Crippen molar-refractivity contribution in [1.29, 1.82) is 0 Å². The minimum Gasteiger partial charge on any atom is -0.370 e. The number of rotatable bonds is 6. The summed E-state index contributed by atoms with van der Waals surface area (Å²) in [5, 5.41) is 13.3. The number of halogens is 2. The summed E-state index contributed by atoms with van der Waals surface area (Å²) in [6.45, 7) is 4.34. The number of nitrogens with zero attached hydrogens (tertiary/aromatic N) is 7. The van der Waals surface area contributed by atoms with E-state index in [1.165, 1.54) is 29.2 Å². The van der Waals surface area contributed by atoms with Crippen molar-refractivity contribution in [2.45, 2.75) is 50.9 Å². The number of amides is 1. The highest BCUT2D eigenvalue weighted by molar-refractivity contribution is 5.73. The molecule has 1 amide bonds. The highest BCUT2D eigenvalue weighted by atomic mass is 19.1. The fraction of sp³-hybridized carbons (Fsp3) is 0.346. The molecular weight excluding hydrogens is 478 g/mol. The van der Waals surface area contributed by atoms with Crippen LogP contribution in [-0.4, -0.2) is 40.8 Å². The monoisotopic (exact) mass is 502 g/mol. The number of nitrogens with two attached hydrogens (primary N) is 1. The number of primary amides is 1. The number of aromatic nitrogens is 7. The molecule has 1 saturated carbocycles. The number of hydrogen-bond acceptors (Lipinski definition) is 7. The van der Waals surface area contributed by atoms with E-state index in [0.717, 1.165) is 29.8 Å². The Hall–Kier alpha value is -4.15. The van der Waals surface area contributed by atoms with Gasteiger partial charge in [-0.25, -0.2) is 23.4 Å². The first-order valence-electron chi connectivity index (χ1n) is 12.1. The molecule has 1 aromatic carbocycles. The lowest BCUT2D eigenvalue weighted by atomic mass is 9.66. The average molecular weight is 503 g/mol. The average Bonchev–Trinajstić information content (AvgIpc) is 3.50. The van der Waals surface area contributed by atoms with Gasteiger partial charge in [0, 0.05) is 19.0 Å². The lowest BCUT2D eigenvalue weighted by molar-refractivity contribution is -0.118. The molecule has 2 aliphatic carbocycles. The first-order valence-corrected chi connectivity index (χ1v) is 12.1. The third kappa shape index (κ3) is 3.36. The van der Waals surface area contributed by atoms with Gasteiger partial charge in [0.05, 0.1) is 34.3 Å². The van der Waals surface area contributed by atoms with E-state index in [1.54, 1.807) is 18.5 Å². The Kier molecular flexibility index (Phi) is 5.15. The van der Waals surface area contributed by atoms with Crippen LogP contribution in [0.4, 0.5) is 8.78 Å². The number of carbonyl (C=O) groups excluding carboxylic acids is 1. The van der Waals surface area contributed by atoms with Crippen molar-refractivity contribution in [3.63, 3.8) is 0 Å². The molecule has 6 rings (SSSR count). The van der Waals surface area contributed by atoms with Crippen molar-refractivity contribution in [3.8, 4) is 17.1 Å². The quantitative estimate of drug-likeness (QED) is 0.428. The van der Waals surface area contributed by atoms with E-state index in [2.05, 4.69) is 39.1 Å². The molecule has 3 aromatic heterocycles. The Labute approximate surface area is 211 Å². The first-order chi connectivity index (χ1) is 17.7. The Morgan fingerprint density at radius 3 is 2.73 bits per heavy atom. The van der Waals surface area contributed by atoms with Crippen LogP contribution in [0.3, 0.4) is 0 Å². The molecule has 11 heteroatoms. The third-order valence-corrected chi connectivity index (χ3v) is 8.03. The van der Waals surface area contributed by atoms with E-state index in [9.17, 15) is 13.6 Å². The number of carbonyl (C=O) groups is 1. The largest absolute Gasteiger partial charge is 0.370 e. The minimum absolute atomic E-state index is 0.115. The first kappa shape index (κ1) is 23.3. The van der Waals surface area contributed by atoms with Gasteiger partial charge in [0.2, 0.25) is 5.91 Å². The van der Waals surface area contributed by atoms with E-state index in [1.807, 2.05) is 0 Å². The summed E-state index contributed by atoms with van der Waals surface area (Å²) >= 11 is 0. The summed E-state index contributed by atoms with van der Waals surface area (Å²) in [4.78, 5) is 24.7. The van der Waals surface area contributed by atoms with Crippen LogP contribution >= 0.6 is 0 Å². The number of aryl methyl sites for hydroxylation is 1. The molecule has 37 heavy (non-hydrogen) atoms. The van der Waals surface area contributed by atoms with Crippen LogP contribution in [0.15, 0.2) is 43.0 Å². The Balaban J connectivity index is 1.43. The summed E-state index contributed by atoms with van der Waals surface area (Å²) in [7, 11) is 0. The zero-order chi connectivity index (χ0) is 25.9. The topological polar surface area (TPSA) is 125 Å². The van der Waals surface area contributed by atoms with Crippen molar-refractivity contribution in [1.82, 2.24) is 34.9 Å². The fourth-order valence-electron chi connectivity index (χ4n) is 6.19. The molecule has 9 nitrogen and oxygen atoms in total. The van der Waals surface area contributed by atoms with Gasteiger partial charge in [0.25, 0.3) is 0 Å². The van der Waals surface area contributed by atoms with Gasteiger partial charge in [-0.3, -0.25) is 9.78 Å².